The highest BCUT2D eigenvalue weighted by Gasteiger charge is 2.20. The zero-order valence-corrected chi connectivity index (χ0v) is 18.9. The van der Waals surface area contributed by atoms with E-state index in [2.05, 4.69) is 10.6 Å². The molecule has 2 N–H and O–H groups in total. The molecule has 0 fully saturated rings. The summed E-state index contributed by atoms with van der Waals surface area (Å²) in [6.07, 6.45) is 0. The predicted octanol–water partition coefficient (Wildman–Crippen LogP) is 4.47. The Bertz CT molecular complexity index is 848. The third-order valence-corrected chi connectivity index (χ3v) is 4.62. The van der Waals surface area contributed by atoms with Gasteiger partial charge in [-0.2, -0.15) is 0 Å². The molecular formula is C24H34N4O2. The maximum absolute atomic E-state index is 12.9. The maximum Gasteiger partial charge on any atom is 0.319 e. The van der Waals surface area contributed by atoms with Crippen molar-refractivity contribution < 1.29 is 9.59 Å². The van der Waals surface area contributed by atoms with Gasteiger partial charge in [-0.15, -0.1) is 0 Å². The van der Waals surface area contributed by atoms with Gasteiger partial charge in [-0.25, -0.2) is 4.79 Å². The highest BCUT2D eigenvalue weighted by molar-refractivity contribution is 5.90. The quantitative estimate of drug-likeness (QED) is 0.675. The van der Waals surface area contributed by atoms with Crippen LogP contribution < -0.4 is 15.5 Å². The lowest BCUT2D eigenvalue weighted by Gasteiger charge is -2.28. The van der Waals surface area contributed by atoms with E-state index in [9.17, 15) is 9.59 Å². The summed E-state index contributed by atoms with van der Waals surface area (Å²) < 4.78 is 0. The molecule has 0 saturated carbocycles. The number of carbonyl (C=O) groups excluding carboxylic acids is 2. The largest absolute Gasteiger partial charge is 0.377 e. The first-order valence-electron chi connectivity index (χ1n) is 10.4. The first-order valence-corrected chi connectivity index (χ1v) is 10.4. The minimum absolute atomic E-state index is 0.0514. The molecule has 0 saturated heterocycles. The summed E-state index contributed by atoms with van der Waals surface area (Å²) >= 11 is 0. The van der Waals surface area contributed by atoms with Gasteiger partial charge in [0.2, 0.25) is 5.91 Å². The number of amides is 3. The van der Waals surface area contributed by atoms with Crippen LogP contribution in [-0.4, -0.2) is 37.0 Å². The lowest BCUT2D eigenvalue weighted by Crippen LogP contribution is -2.35. The molecule has 0 aliphatic rings. The van der Waals surface area contributed by atoms with Crippen LogP contribution in [0.3, 0.4) is 0 Å². The van der Waals surface area contributed by atoms with Crippen molar-refractivity contribution in [2.45, 2.75) is 46.8 Å². The van der Waals surface area contributed by atoms with E-state index in [1.54, 1.807) is 0 Å². The lowest BCUT2D eigenvalue weighted by atomic mass is 10.1. The van der Waals surface area contributed by atoms with Crippen LogP contribution in [0.15, 0.2) is 48.5 Å². The van der Waals surface area contributed by atoms with E-state index in [1.807, 2.05) is 100 Å². The van der Waals surface area contributed by atoms with Gasteiger partial charge in [0.05, 0.1) is 0 Å². The molecule has 0 spiro atoms. The van der Waals surface area contributed by atoms with Crippen molar-refractivity contribution >= 4 is 23.3 Å². The van der Waals surface area contributed by atoms with Gasteiger partial charge in [-0.3, -0.25) is 4.79 Å². The molecular weight excluding hydrogens is 376 g/mol. The fourth-order valence-corrected chi connectivity index (χ4v) is 3.24. The van der Waals surface area contributed by atoms with Gasteiger partial charge in [0.15, 0.2) is 0 Å². The van der Waals surface area contributed by atoms with Gasteiger partial charge in [-0.1, -0.05) is 44.2 Å². The molecule has 2 aromatic carbocycles. The van der Waals surface area contributed by atoms with E-state index in [-0.39, 0.29) is 23.9 Å². The van der Waals surface area contributed by atoms with Gasteiger partial charge >= 0.3 is 6.03 Å². The number of rotatable bonds is 8. The average molecular weight is 411 g/mol. The molecule has 2 aromatic rings. The van der Waals surface area contributed by atoms with E-state index in [1.165, 1.54) is 0 Å². The SMILES string of the molecule is CC(C)NC(=O)Nc1ccc(N(C)C)c(CN(Cc2ccccc2)C(=O)C(C)C)c1. The summed E-state index contributed by atoms with van der Waals surface area (Å²) in [7, 11) is 3.95. The minimum atomic E-state index is -0.243. The van der Waals surface area contributed by atoms with E-state index in [0.29, 0.717) is 18.8 Å². The van der Waals surface area contributed by atoms with Crippen molar-refractivity contribution in [2.75, 3.05) is 24.3 Å². The monoisotopic (exact) mass is 410 g/mol. The average Bonchev–Trinajstić information content (AvgIpc) is 2.66. The van der Waals surface area contributed by atoms with Crippen LogP contribution in [0.5, 0.6) is 0 Å². The molecule has 0 heterocycles. The summed E-state index contributed by atoms with van der Waals surface area (Å²) in [6.45, 7) is 8.66. The Balaban J connectivity index is 2.32. The Morgan fingerprint density at radius 3 is 2.17 bits per heavy atom. The first-order chi connectivity index (χ1) is 14.2. The van der Waals surface area contributed by atoms with Crippen molar-refractivity contribution in [2.24, 2.45) is 5.92 Å². The Hall–Kier alpha value is -3.02. The Kier molecular flexibility index (Phi) is 8.27. The molecule has 0 atom stereocenters. The molecule has 6 nitrogen and oxygen atoms in total. The molecule has 2 rings (SSSR count). The highest BCUT2D eigenvalue weighted by atomic mass is 16.2. The Morgan fingerprint density at radius 1 is 0.933 bits per heavy atom. The fraction of sp³-hybridized carbons (Fsp3) is 0.417. The Morgan fingerprint density at radius 2 is 1.60 bits per heavy atom. The lowest BCUT2D eigenvalue weighted by molar-refractivity contribution is -0.135. The van der Waals surface area contributed by atoms with Crippen molar-refractivity contribution in [3.8, 4) is 0 Å². The summed E-state index contributed by atoms with van der Waals surface area (Å²) in [6, 6.07) is 15.6. The minimum Gasteiger partial charge on any atom is -0.377 e. The molecule has 0 bridgehead atoms. The number of hydrogen-bond donors (Lipinski definition) is 2. The second-order valence-corrected chi connectivity index (χ2v) is 8.33. The molecule has 30 heavy (non-hydrogen) atoms. The van der Waals surface area contributed by atoms with E-state index in [4.69, 9.17) is 0 Å². The number of nitrogens with one attached hydrogen (secondary N) is 2. The van der Waals surface area contributed by atoms with Crippen molar-refractivity contribution in [3.63, 3.8) is 0 Å². The number of nitrogens with zero attached hydrogens (tertiary/aromatic N) is 2. The van der Waals surface area contributed by atoms with Crippen LogP contribution >= 0.6 is 0 Å². The number of urea groups is 1. The van der Waals surface area contributed by atoms with Crippen LogP contribution in [0.25, 0.3) is 0 Å². The van der Waals surface area contributed by atoms with Crippen molar-refractivity contribution in [1.29, 1.82) is 0 Å². The molecule has 6 heteroatoms. The van der Waals surface area contributed by atoms with Crippen LogP contribution in [0.4, 0.5) is 16.2 Å². The molecule has 3 amide bonds. The van der Waals surface area contributed by atoms with Gasteiger partial charge in [0, 0.05) is 50.5 Å². The molecule has 0 unspecified atom stereocenters. The first kappa shape index (κ1) is 23.3. The summed E-state index contributed by atoms with van der Waals surface area (Å²) in [5.74, 6) is -0.00545. The van der Waals surface area contributed by atoms with E-state index < -0.39 is 0 Å². The van der Waals surface area contributed by atoms with Gasteiger partial charge in [-0.05, 0) is 43.2 Å². The number of anilines is 2. The third kappa shape index (κ3) is 6.79. The third-order valence-electron chi connectivity index (χ3n) is 4.62. The molecule has 0 aliphatic heterocycles. The summed E-state index contributed by atoms with van der Waals surface area (Å²) in [4.78, 5) is 29.0. The topological polar surface area (TPSA) is 64.7 Å². The Labute approximate surface area is 180 Å². The zero-order valence-electron chi connectivity index (χ0n) is 18.9. The van der Waals surface area contributed by atoms with Crippen molar-refractivity contribution in [1.82, 2.24) is 10.2 Å². The molecule has 0 aliphatic carbocycles. The van der Waals surface area contributed by atoms with Crippen molar-refractivity contribution in [3.05, 3.63) is 59.7 Å². The second-order valence-electron chi connectivity index (χ2n) is 8.33. The van der Waals surface area contributed by atoms with Gasteiger partial charge in [0.25, 0.3) is 0 Å². The number of carbonyl (C=O) groups is 2. The van der Waals surface area contributed by atoms with E-state index in [0.717, 1.165) is 16.8 Å². The zero-order chi connectivity index (χ0) is 22.3. The predicted molar refractivity (Wildman–Crippen MR) is 124 cm³/mol. The van der Waals surface area contributed by atoms with Crippen LogP contribution in [0.2, 0.25) is 0 Å². The normalized spacial score (nSPS) is 10.8. The summed E-state index contributed by atoms with van der Waals surface area (Å²) in [5, 5.41) is 5.71. The van der Waals surface area contributed by atoms with Gasteiger partial charge in [0.1, 0.15) is 0 Å². The smallest absolute Gasteiger partial charge is 0.319 e. The fourth-order valence-electron chi connectivity index (χ4n) is 3.24. The van der Waals surface area contributed by atoms with Gasteiger partial charge < -0.3 is 20.4 Å². The number of hydrogen-bond acceptors (Lipinski definition) is 3. The number of benzene rings is 2. The second kappa shape index (κ2) is 10.7. The maximum atomic E-state index is 12.9. The molecule has 0 radical (unpaired) electrons. The van der Waals surface area contributed by atoms with Crippen LogP contribution in [0, 0.1) is 5.92 Å². The van der Waals surface area contributed by atoms with Crippen LogP contribution in [-0.2, 0) is 17.9 Å². The molecule has 162 valence electrons. The van der Waals surface area contributed by atoms with Crippen LogP contribution in [0.1, 0.15) is 38.8 Å². The van der Waals surface area contributed by atoms with E-state index >= 15 is 0 Å². The highest BCUT2D eigenvalue weighted by Crippen LogP contribution is 2.26. The standard InChI is InChI=1S/C24H34N4O2/c1-17(2)23(29)28(15-19-10-8-7-9-11-19)16-20-14-21(12-13-22(20)27(5)6)26-24(30)25-18(3)4/h7-14,17-18H,15-16H2,1-6H3,(H2,25,26,30). The summed E-state index contributed by atoms with van der Waals surface area (Å²) in [5.41, 5.74) is 3.78. The molecule has 0 aromatic heterocycles.